The van der Waals surface area contributed by atoms with Gasteiger partial charge in [0.25, 0.3) is 0 Å². The molecule has 1 fully saturated rings. The largest absolute Gasteiger partial charge is 0.493 e. The third-order valence-corrected chi connectivity index (χ3v) is 7.41. The van der Waals surface area contributed by atoms with Crippen LogP contribution in [0.5, 0.6) is 11.5 Å². The number of unbranched alkanes of at least 4 members (excludes halogenated alkanes) is 2. The Balaban J connectivity index is 1.59. The lowest BCUT2D eigenvalue weighted by Gasteiger charge is -2.39. The van der Waals surface area contributed by atoms with Crippen LogP contribution >= 0.6 is 11.8 Å². The number of aromatic nitrogens is 2. The Hall–Kier alpha value is -2.34. The van der Waals surface area contributed by atoms with E-state index in [1.54, 1.807) is 7.11 Å². The predicted molar refractivity (Wildman–Crippen MR) is 136 cm³/mol. The van der Waals surface area contributed by atoms with Crippen molar-refractivity contribution < 1.29 is 34.6 Å². The highest BCUT2D eigenvalue weighted by Crippen LogP contribution is 2.36. The van der Waals surface area contributed by atoms with Crippen molar-refractivity contribution in [3.63, 3.8) is 0 Å². The number of imidazole rings is 1. The van der Waals surface area contributed by atoms with Crippen molar-refractivity contribution >= 4 is 22.8 Å². The second kappa shape index (κ2) is 12.3. The van der Waals surface area contributed by atoms with Gasteiger partial charge in [0.2, 0.25) is 0 Å². The van der Waals surface area contributed by atoms with Crippen LogP contribution in [0.25, 0.3) is 11.0 Å². The van der Waals surface area contributed by atoms with Crippen LogP contribution in [-0.4, -0.2) is 80.2 Å². The molecule has 196 valence electrons. The molecular formula is C26H34N2O7S. The van der Waals surface area contributed by atoms with E-state index in [2.05, 4.69) is 6.92 Å². The SMILES string of the molecule is CCCCCOc1ccc(Cn2c(SC3OC(CO)C(O)C(O)C3O)nc3ccccc32)cc1OC. The van der Waals surface area contributed by atoms with Crippen LogP contribution < -0.4 is 9.47 Å². The van der Waals surface area contributed by atoms with E-state index in [0.717, 1.165) is 47.6 Å². The summed E-state index contributed by atoms with van der Waals surface area (Å²) in [6.45, 7) is 2.77. The van der Waals surface area contributed by atoms with E-state index >= 15 is 0 Å². The van der Waals surface area contributed by atoms with Gasteiger partial charge < -0.3 is 39.2 Å². The van der Waals surface area contributed by atoms with E-state index in [4.69, 9.17) is 19.2 Å². The third-order valence-electron chi connectivity index (χ3n) is 6.26. The van der Waals surface area contributed by atoms with E-state index < -0.39 is 36.5 Å². The minimum atomic E-state index is -1.44. The molecule has 1 aromatic heterocycles. The number of nitrogens with zero attached hydrogens (tertiary/aromatic N) is 2. The van der Waals surface area contributed by atoms with Crippen LogP contribution in [0.3, 0.4) is 0 Å². The number of rotatable bonds is 11. The first-order chi connectivity index (χ1) is 17.5. The van der Waals surface area contributed by atoms with Crippen LogP contribution in [0, 0.1) is 0 Å². The van der Waals surface area contributed by atoms with Crippen LogP contribution in [0.1, 0.15) is 31.7 Å². The minimum absolute atomic E-state index is 0.465. The van der Waals surface area contributed by atoms with Gasteiger partial charge in [-0.15, -0.1) is 0 Å². The Labute approximate surface area is 214 Å². The normalized spacial score (nSPS) is 24.2. The zero-order chi connectivity index (χ0) is 25.7. The molecule has 4 N–H and O–H groups in total. The van der Waals surface area contributed by atoms with Crippen molar-refractivity contribution in [1.82, 2.24) is 9.55 Å². The first-order valence-corrected chi connectivity index (χ1v) is 13.1. The van der Waals surface area contributed by atoms with Crippen molar-refractivity contribution in [2.45, 2.75) is 67.7 Å². The summed E-state index contributed by atoms with van der Waals surface area (Å²) in [7, 11) is 1.62. The van der Waals surface area contributed by atoms with Gasteiger partial charge in [-0.3, -0.25) is 0 Å². The van der Waals surface area contributed by atoms with Crippen LogP contribution in [-0.2, 0) is 11.3 Å². The standard InChI is InChI=1S/C26H34N2O7S/c1-3-4-7-12-34-19-11-10-16(13-20(19)33-2)14-28-18-9-6-5-8-17(18)27-26(28)36-25-24(32)23(31)22(30)21(15-29)35-25/h5-6,8-11,13,21-25,29-32H,3-4,7,12,14-15H2,1-2H3. The molecule has 5 atom stereocenters. The van der Waals surface area contributed by atoms with Crippen molar-refractivity contribution in [1.29, 1.82) is 0 Å². The van der Waals surface area contributed by atoms with Crippen LogP contribution in [0.15, 0.2) is 47.6 Å². The highest BCUT2D eigenvalue weighted by Gasteiger charge is 2.44. The highest BCUT2D eigenvalue weighted by molar-refractivity contribution is 7.99. The average molecular weight is 519 g/mol. The molecule has 5 unspecified atom stereocenters. The Bertz CT molecular complexity index is 1140. The zero-order valence-corrected chi connectivity index (χ0v) is 21.3. The van der Waals surface area contributed by atoms with Crippen molar-refractivity contribution in [2.75, 3.05) is 20.3 Å². The van der Waals surface area contributed by atoms with E-state index in [1.165, 1.54) is 0 Å². The smallest absolute Gasteiger partial charge is 0.171 e. The number of aliphatic hydroxyl groups excluding tert-OH is 4. The maximum Gasteiger partial charge on any atom is 0.171 e. The summed E-state index contributed by atoms with van der Waals surface area (Å²) in [5, 5.41) is 41.0. The number of thioether (sulfide) groups is 1. The highest BCUT2D eigenvalue weighted by atomic mass is 32.2. The molecule has 1 aliphatic rings. The van der Waals surface area contributed by atoms with Gasteiger partial charge >= 0.3 is 0 Å². The summed E-state index contributed by atoms with van der Waals surface area (Å²) in [6, 6.07) is 13.5. The monoisotopic (exact) mass is 518 g/mol. The Morgan fingerprint density at radius 1 is 1.03 bits per heavy atom. The number of ether oxygens (including phenoxy) is 3. The van der Waals surface area contributed by atoms with Crippen molar-refractivity contribution in [2.24, 2.45) is 0 Å². The van der Waals surface area contributed by atoms with Gasteiger partial charge in [0.1, 0.15) is 29.9 Å². The quantitative estimate of drug-likeness (QED) is 0.283. The molecule has 10 heteroatoms. The molecule has 0 bridgehead atoms. The lowest BCUT2D eigenvalue weighted by molar-refractivity contribution is -0.205. The van der Waals surface area contributed by atoms with Crippen molar-refractivity contribution in [3.05, 3.63) is 48.0 Å². The predicted octanol–water partition coefficient (Wildman–Crippen LogP) is 2.55. The number of methoxy groups -OCH3 is 1. The molecule has 0 spiro atoms. The molecule has 9 nitrogen and oxygen atoms in total. The van der Waals surface area contributed by atoms with E-state index in [0.29, 0.717) is 29.8 Å². The first kappa shape index (κ1) is 26.7. The fourth-order valence-corrected chi connectivity index (χ4v) is 5.36. The number of aliphatic hydroxyl groups is 4. The summed E-state index contributed by atoms with van der Waals surface area (Å²) in [5.41, 5.74) is 1.70. The van der Waals surface area contributed by atoms with Gasteiger partial charge in [0, 0.05) is 0 Å². The zero-order valence-electron chi connectivity index (χ0n) is 20.5. The molecule has 3 aromatic rings. The maximum absolute atomic E-state index is 10.5. The lowest BCUT2D eigenvalue weighted by Crippen LogP contribution is -2.57. The summed E-state index contributed by atoms with van der Waals surface area (Å²) < 4.78 is 19.2. The van der Waals surface area contributed by atoms with E-state index in [9.17, 15) is 20.4 Å². The Morgan fingerprint density at radius 2 is 1.83 bits per heavy atom. The molecule has 0 saturated carbocycles. The fraction of sp³-hybridized carbons (Fsp3) is 0.500. The van der Waals surface area contributed by atoms with Crippen molar-refractivity contribution in [3.8, 4) is 11.5 Å². The minimum Gasteiger partial charge on any atom is -0.493 e. The second-order valence-corrected chi connectivity index (χ2v) is 9.89. The molecule has 1 aliphatic heterocycles. The first-order valence-electron chi connectivity index (χ1n) is 12.2. The molecule has 0 amide bonds. The molecule has 36 heavy (non-hydrogen) atoms. The van der Waals surface area contributed by atoms with Gasteiger partial charge in [0.05, 0.1) is 37.9 Å². The van der Waals surface area contributed by atoms with Gasteiger partial charge in [-0.05, 0) is 36.2 Å². The van der Waals surface area contributed by atoms with Gasteiger partial charge in [-0.25, -0.2) is 4.98 Å². The molecule has 2 heterocycles. The number of hydrogen-bond acceptors (Lipinski definition) is 9. The second-order valence-electron chi connectivity index (χ2n) is 8.83. The molecule has 4 rings (SSSR count). The molecule has 0 radical (unpaired) electrons. The number of benzene rings is 2. The summed E-state index contributed by atoms with van der Waals surface area (Å²) in [4.78, 5) is 4.72. The lowest BCUT2D eigenvalue weighted by atomic mass is 10.0. The molecule has 0 aliphatic carbocycles. The molecule has 1 saturated heterocycles. The van der Waals surface area contributed by atoms with Gasteiger partial charge in [-0.2, -0.15) is 0 Å². The maximum atomic E-state index is 10.5. The molecular weight excluding hydrogens is 484 g/mol. The third kappa shape index (κ3) is 5.80. The molecule has 2 aromatic carbocycles. The van der Waals surface area contributed by atoms with Gasteiger partial charge in [0.15, 0.2) is 16.7 Å². The van der Waals surface area contributed by atoms with E-state index in [-0.39, 0.29) is 0 Å². The van der Waals surface area contributed by atoms with Crippen LogP contribution in [0.4, 0.5) is 0 Å². The summed E-state index contributed by atoms with van der Waals surface area (Å²) in [5.74, 6) is 1.35. The average Bonchev–Trinajstić information content (AvgIpc) is 3.24. The fourth-order valence-electron chi connectivity index (χ4n) is 4.21. The number of fused-ring (bicyclic) bond motifs is 1. The number of para-hydroxylation sites is 2. The summed E-state index contributed by atoms with van der Waals surface area (Å²) >= 11 is 1.14. The van der Waals surface area contributed by atoms with Gasteiger partial charge in [-0.1, -0.05) is 49.7 Å². The van der Waals surface area contributed by atoms with Crippen LogP contribution in [0.2, 0.25) is 0 Å². The topological polar surface area (TPSA) is 126 Å². The summed E-state index contributed by atoms with van der Waals surface area (Å²) in [6.07, 6.45) is -1.96. The Kier molecular flexibility index (Phi) is 9.10. The number of hydrogen-bond donors (Lipinski definition) is 4. The Morgan fingerprint density at radius 3 is 2.58 bits per heavy atom. The van der Waals surface area contributed by atoms with E-state index in [1.807, 2.05) is 47.0 Å².